The fourth-order valence-corrected chi connectivity index (χ4v) is 2.23. The van der Waals surface area contributed by atoms with Gasteiger partial charge in [-0.3, -0.25) is 4.90 Å². The summed E-state index contributed by atoms with van der Waals surface area (Å²) in [6, 6.07) is 2.77. The number of ether oxygens (including phenoxy) is 2. The zero-order chi connectivity index (χ0) is 13.7. The Balaban J connectivity index is 1.92. The molecule has 1 aromatic rings. The van der Waals surface area contributed by atoms with E-state index in [0.717, 1.165) is 19.6 Å². The molecule has 0 bridgehead atoms. The van der Waals surface area contributed by atoms with Crippen LogP contribution in [0.15, 0.2) is 12.1 Å². The minimum Gasteiger partial charge on any atom is -0.491 e. The van der Waals surface area contributed by atoms with E-state index in [4.69, 9.17) is 15.2 Å². The second-order valence-electron chi connectivity index (χ2n) is 4.65. The highest BCUT2D eigenvalue weighted by Gasteiger charge is 2.13. The van der Waals surface area contributed by atoms with Crippen LogP contribution in [0.25, 0.3) is 0 Å². The summed E-state index contributed by atoms with van der Waals surface area (Å²) in [5.74, 6) is 0.225. The molecule has 5 heteroatoms. The van der Waals surface area contributed by atoms with Crippen molar-refractivity contribution in [3.63, 3.8) is 0 Å². The van der Waals surface area contributed by atoms with E-state index < -0.39 is 5.82 Å². The van der Waals surface area contributed by atoms with E-state index in [1.54, 1.807) is 0 Å². The molecule has 0 unspecified atom stereocenters. The Morgan fingerprint density at radius 2 is 1.95 bits per heavy atom. The molecule has 0 radical (unpaired) electrons. The third kappa shape index (κ3) is 3.73. The zero-order valence-corrected chi connectivity index (χ0v) is 11.3. The van der Waals surface area contributed by atoms with E-state index in [-0.39, 0.29) is 5.75 Å². The largest absolute Gasteiger partial charge is 0.491 e. The molecule has 0 atom stereocenters. The fourth-order valence-electron chi connectivity index (χ4n) is 2.23. The van der Waals surface area contributed by atoms with Gasteiger partial charge in [0.15, 0.2) is 11.6 Å². The topological polar surface area (TPSA) is 47.7 Å². The predicted octanol–water partition coefficient (Wildman–Crippen LogP) is 2.28. The van der Waals surface area contributed by atoms with Crippen LogP contribution in [0.4, 0.5) is 10.1 Å². The van der Waals surface area contributed by atoms with Crippen LogP contribution in [0.3, 0.4) is 0 Å². The molecule has 0 spiro atoms. The van der Waals surface area contributed by atoms with E-state index >= 15 is 0 Å². The molecule has 2 N–H and O–H groups in total. The highest BCUT2D eigenvalue weighted by Crippen LogP contribution is 2.30. The van der Waals surface area contributed by atoms with Gasteiger partial charge in [-0.25, -0.2) is 4.39 Å². The van der Waals surface area contributed by atoms with Crippen molar-refractivity contribution >= 4 is 5.69 Å². The van der Waals surface area contributed by atoms with Crippen molar-refractivity contribution in [2.75, 3.05) is 38.6 Å². The number of benzene rings is 1. The van der Waals surface area contributed by atoms with Crippen molar-refractivity contribution in [2.24, 2.45) is 0 Å². The lowest BCUT2D eigenvalue weighted by Crippen LogP contribution is -2.25. The van der Waals surface area contributed by atoms with E-state index in [9.17, 15) is 4.39 Å². The van der Waals surface area contributed by atoms with Gasteiger partial charge in [-0.2, -0.15) is 0 Å². The average molecular weight is 268 g/mol. The van der Waals surface area contributed by atoms with Crippen LogP contribution >= 0.6 is 0 Å². The molecular weight excluding hydrogens is 247 g/mol. The first-order valence-electron chi connectivity index (χ1n) is 6.77. The lowest BCUT2D eigenvalue weighted by molar-refractivity contribution is 0.237. The van der Waals surface area contributed by atoms with Crippen LogP contribution in [0.5, 0.6) is 11.5 Å². The molecule has 1 aromatic carbocycles. The summed E-state index contributed by atoms with van der Waals surface area (Å²) in [5, 5.41) is 0. The summed E-state index contributed by atoms with van der Waals surface area (Å²) in [6.07, 6.45) is 2.51. The maximum atomic E-state index is 13.5. The van der Waals surface area contributed by atoms with Gasteiger partial charge in [0.2, 0.25) is 0 Å². The van der Waals surface area contributed by atoms with Gasteiger partial charge in [0.25, 0.3) is 0 Å². The molecular formula is C14H21FN2O2. The standard InChI is InChI=1S/C14H21FN2O2/c1-2-18-13-10-14(12(16)9-11(13)15)19-8-7-17-5-3-4-6-17/h9-10H,2-8,16H2,1H3. The maximum absolute atomic E-state index is 13.5. The number of hydrogen-bond acceptors (Lipinski definition) is 4. The summed E-state index contributed by atoms with van der Waals surface area (Å²) < 4.78 is 24.3. The average Bonchev–Trinajstić information content (AvgIpc) is 2.88. The second-order valence-corrected chi connectivity index (χ2v) is 4.65. The van der Waals surface area contributed by atoms with Crippen LogP contribution in [-0.4, -0.2) is 37.7 Å². The first-order chi connectivity index (χ1) is 9.20. The molecule has 1 saturated heterocycles. The van der Waals surface area contributed by atoms with Crippen LogP contribution in [0, 0.1) is 5.82 Å². The van der Waals surface area contributed by atoms with Gasteiger partial charge in [0, 0.05) is 18.7 Å². The smallest absolute Gasteiger partial charge is 0.167 e. The lowest BCUT2D eigenvalue weighted by Gasteiger charge is -2.16. The molecule has 106 valence electrons. The second kappa shape index (κ2) is 6.61. The maximum Gasteiger partial charge on any atom is 0.167 e. The van der Waals surface area contributed by atoms with Gasteiger partial charge in [-0.1, -0.05) is 0 Å². The van der Waals surface area contributed by atoms with E-state index in [0.29, 0.717) is 24.7 Å². The van der Waals surface area contributed by atoms with E-state index in [1.807, 2.05) is 6.92 Å². The third-order valence-corrected chi connectivity index (χ3v) is 3.23. The van der Waals surface area contributed by atoms with Gasteiger partial charge in [-0.05, 0) is 32.9 Å². The normalized spacial score (nSPS) is 15.7. The van der Waals surface area contributed by atoms with Gasteiger partial charge in [-0.15, -0.1) is 0 Å². The molecule has 0 aromatic heterocycles. The Morgan fingerprint density at radius 1 is 1.21 bits per heavy atom. The molecule has 0 saturated carbocycles. The van der Waals surface area contributed by atoms with E-state index in [2.05, 4.69) is 4.90 Å². The Kier molecular flexibility index (Phi) is 4.85. The number of nitrogens with zero attached hydrogens (tertiary/aromatic N) is 1. The van der Waals surface area contributed by atoms with Crippen LogP contribution in [-0.2, 0) is 0 Å². The minimum absolute atomic E-state index is 0.188. The molecule has 0 amide bonds. The summed E-state index contributed by atoms with van der Waals surface area (Å²) in [7, 11) is 0. The zero-order valence-electron chi connectivity index (χ0n) is 11.3. The molecule has 4 nitrogen and oxygen atoms in total. The van der Waals surface area contributed by atoms with Crippen molar-refractivity contribution in [3.8, 4) is 11.5 Å². The van der Waals surface area contributed by atoms with Crippen LogP contribution in [0.1, 0.15) is 19.8 Å². The molecule has 2 rings (SSSR count). The van der Waals surface area contributed by atoms with Crippen molar-refractivity contribution in [1.82, 2.24) is 4.90 Å². The molecule has 0 aliphatic carbocycles. The predicted molar refractivity (Wildman–Crippen MR) is 73.2 cm³/mol. The minimum atomic E-state index is -0.453. The summed E-state index contributed by atoms with van der Waals surface area (Å²) in [4.78, 5) is 2.35. The van der Waals surface area contributed by atoms with Crippen molar-refractivity contribution in [2.45, 2.75) is 19.8 Å². The summed E-state index contributed by atoms with van der Waals surface area (Å²) in [5.41, 5.74) is 6.05. The fraction of sp³-hybridized carbons (Fsp3) is 0.571. The molecule has 19 heavy (non-hydrogen) atoms. The Morgan fingerprint density at radius 3 is 2.63 bits per heavy atom. The number of likely N-dealkylation sites (tertiary alicyclic amines) is 1. The quantitative estimate of drug-likeness (QED) is 0.804. The number of hydrogen-bond donors (Lipinski definition) is 1. The number of halogens is 1. The van der Waals surface area contributed by atoms with Crippen molar-refractivity contribution in [1.29, 1.82) is 0 Å². The molecule has 1 aliphatic heterocycles. The number of anilines is 1. The SMILES string of the molecule is CCOc1cc(OCCN2CCCC2)c(N)cc1F. The molecule has 1 aliphatic rings. The number of nitrogens with two attached hydrogens (primary N) is 1. The Hall–Kier alpha value is -1.49. The number of rotatable bonds is 6. The lowest BCUT2D eigenvalue weighted by atomic mass is 10.2. The Labute approximate surface area is 113 Å². The van der Waals surface area contributed by atoms with Gasteiger partial charge < -0.3 is 15.2 Å². The molecule has 1 heterocycles. The highest BCUT2D eigenvalue weighted by molar-refractivity contribution is 5.56. The first kappa shape index (κ1) is 13.9. The first-order valence-corrected chi connectivity index (χ1v) is 6.77. The summed E-state index contributed by atoms with van der Waals surface area (Å²) >= 11 is 0. The number of nitrogen functional groups attached to an aromatic ring is 1. The monoisotopic (exact) mass is 268 g/mol. The van der Waals surface area contributed by atoms with Gasteiger partial charge in [0.05, 0.1) is 12.3 Å². The van der Waals surface area contributed by atoms with Crippen LogP contribution in [0.2, 0.25) is 0 Å². The van der Waals surface area contributed by atoms with Gasteiger partial charge >= 0.3 is 0 Å². The van der Waals surface area contributed by atoms with Gasteiger partial charge in [0.1, 0.15) is 12.4 Å². The van der Waals surface area contributed by atoms with E-state index in [1.165, 1.54) is 25.0 Å². The third-order valence-electron chi connectivity index (χ3n) is 3.23. The van der Waals surface area contributed by atoms with Crippen molar-refractivity contribution < 1.29 is 13.9 Å². The molecule has 1 fully saturated rings. The highest BCUT2D eigenvalue weighted by atomic mass is 19.1. The van der Waals surface area contributed by atoms with Crippen molar-refractivity contribution in [3.05, 3.63) is 17.9 Å². The summed E-state index contributed by atoms with van der Waals surface area (Å²) in [6.45, 7) is 5.92. The van der Waals surface area contributed by atoms with Crippen LogP contribution < -0.4 is 15.2 Å². The Bertz CT molecular complexity index is 420.